The maximum absolute atomic E-state index is 12.1. The highest BCUT2D eigenvalue weighted by Crippen LogP contribution is 2.16. The number of rotatable bonds is 6. The van der Waals surface area contributed by atoms with Gasteiger partial charge in [0.2, 0.25) is 11.8 Å². The van der Waals surface area contributed by atoms with E-state index >= 15 is 0 Å². The Morgan fingerprint density at radius 3 is 2.59 bits per heavy atom. The van der Waals surface area contributed by atoms with Crippen LogP contribution in [0.1, 0.15) is 35.7 Å². The Morgan fingerprint density at radius 1 is 1.27 bits per heavy atom. The monoisotopic (exact) mass is 317 g/mol. The summed E-state index contributed by atoms with van der Waals surface area (Å²) < 4.78 is 0. The Balaban J connectivity index is 1.94. The number of nitrogens with one attached hydrogen (secondary N) is 2. The number of thiazole rings is 1. The van der Waals surface area contributed by atoms with Crippen LogP contribution in [0.2, 0.25) is 0 Å². The van der Waals surface area contributed by atoms with E-state index in [4.69, 9.17) is 0 Å². The maximum atomic E-state index is 12.1. The van der Waals surface area contributed by atoms with E-state index in [-0.39, 0.29) is 24.3 Å². The lowest BCUT2D eigenvalue weighted by Gasteiger charge is -2.17. The van der Waals surface area contributed by atoms with Crippen molar-refractivity contribution < 1.29 is 9.59 Å². The Bertz CT molecular complexity index is 640. The third-order valence-electron chi connectivity index (χ3n) is 3.07. The number of hydrogen-bond donors (Lipinski definition) is 2. The number of carbonyl (C=O) groups is 2. The lowest BCUT2D eigenvalue weighted by atomic mass is 10.0. The number of nitrogens with zero attached hydrogens (tertiary/aromatic N) is 1. The van der Waals surface area contributed by atoms with E-state index in [2.05, 4.69) is 15.6 Å². The van der Waals surface area contributed by atoms with Gasteiger partial charge in [-0.3, -0.25) is 9.59 Å². The first-order chi connectivity index (χ1) is 10.5. The molecule has 0 aliphatic rings. The minimum Gasteiger partial charge on any atom is -0.350 e. The molecule has 1 heterocycles. The van der Waals surface area contributed by atoms with Crippen LogP contribution in [0.4, 0.5) is 0 Å². The van der Waals surface area contributed by atoms with Crippen LogP contribution < -0.4 is 10.6 Å². The molecule has 0 fully saturated rings. The normalized spacial score (nSPS) is 11.7. The van der Waals surface area contributed by atoms with Crippen molar-refractivity contribution in [2.24, 2.45) is 0 Å². The lowest BCUT2D eigenvalue weighted by Crippen LogP contribution is -2.32. The van der Waals surface area contributed by atoms with Crippen LogP contribution in [0.25, 0.3) is 0 Å². The molecule has 5 nitrogen and oxygen atoms in total. The minimum absolute atomic E-state index is 0.115. The molecule has 2 amide bonds. The fraction of sp³-hybridized carbons (Fsp3) is 0.312. The van der Waals surface area contributed by atoms with E-state index in [9.17, 15) is 9.59 Å². The van der Waals surface area contributed by atoms with Gasteiger partial charge in [-0.2, -0.15) is 0 Å². The van der Waals surface area contributed by atoms with Gasteiger partial charge in [-0.1, -0.05) is 30.3 Å². The number of hydrogen-bond acceptors (Lipinski definition) is 4. The predicted octanol–water partition coefficient (Wildman–Crippen LogP) is 2.34. The standard InChI is InChI=1S/C16H19N3O2S/c1-11-10-22-16(18-11)9-17-15(21)8-14(19-12(2)20)13-6-4-3-5-7-13/h3-7,10,14H,8-9H2,1-2H3,(H,17,21)(H,19,20)/t14-/m1/s1. The van der Waals surface area contributed by atoms with E-state index in [1.165, 1.54) is 18.3 Å². The maximum Gasteiger partial charge on any atom is 0.222 e. The average molecular weight is 317 g/mol. The highest BCUT2D eigenvalue weighted by molar-refractivity contribution is 7.09. The number of aromatic nitrogens is 1. The molecule has 2 rings (SSSR count). The van der Waals surface area contributed by atoms with Gasteiger partial charge < -0.3 is 10.6 Å². The highest BCUT2D eigenvalue weighted by atomic mass is 32.1. The first kappa shape index (κ1) is 16.2. The second-order valence-electron chi connectivity index (χ2n) is 5.03. The van der Waals surface area contributed by atoms with E-state index in [1.807, 2.05) is 42.6 Å². The molecule has 1 aromatic heterocycles. The summed E-state index contributed by atoms with van der Waals surface area (Å²) in [5.74, 6) is -0.271. The SMILES string of the molecule is CC(=O)N[C@H](CC(=O)NCc1nc(C)cs1)c1ccccc1. The van der Waals surface area contributed by atoms with Crippen molar-refractivity contribution >= 4 is 23.2 Å². The molecule has 1 atom stereocenters. The summed E-state index contributed by atoms with van der Waals surface area (Å²) in [6, 6.07) is 9.16. The Morgan fingerprint density at radius 2 is 2.00 bits per heavy atom. The molecular weight excluding hydrogens is 298 g/mol. The zero-order chi connectivity index (χ0) is 15.9. The van der Waals surface area contributed by atoms with E-state index in [0.29, 0.717) is 6.54 Å². The summed E-state index contributed by atoms with van der Waals surface area (Å²) in [4.78, 5) is 27.7. The minimum atomic E-state index is -0.322. The Labute approximate surface area is 133 Å². The van der Waals surface area contributed by atoms with Crippen LogP contribution >= 0.6 is 11.3 Å². The fourth-order valence-electron chi connectivity index (χ4n) is 2.10. The summed E-state index contributed by atoms with van der Waals surface area (Å²) in [5, 5.41) is 8.49. The van der Waals surface area contributed by atoms with Gasteiger partial charge in [0.15, 0.2) is 0 Å². The molecule has 1 aromatic carbocycles. The quantitative estimate of drug-likeness (QED) is 0.859. The average Bonchev–Trinajstić information content (AvgIpc) is 2.91. The summed E-state index contributed by atoms with van der Waals surface area (Å²) in [5.41, 5.74) is 1.87. The first-order valence-electron chi connectivity index (χ1n) is 7.04. The predicted molar refractivity (Wildman–Crippen MR) is 86.3 cm³/mol. The van der Waals surface area contributed by atoms with Crippen LogP contribution in [0.5, 0.6) is 0 Å². The molecule has 0 unspecified atom stereocenters. The van der Waals surface area contributed by atoms with Crippen molar-refractivity contribution in [2.75, 3.05) is 0 Å². The van der Waals surface area contributed by atoms with E-state index in [1.54, 1.807) is 0 Å². The van der Waals surface area contributed by atoms with Crippen molar-refractivity contribution in [3.05, 3.63) is 52.0 Å². The number of benzene rings is 1. The number of carbonyl (C=O) groups excluding carboxylic acids is 2. The summed E-state index contributed by atoms with van der Waals surface area (Å²) in [7, 11) is 0. The topological polar surface area (TPSA) is 71.1 Å². The molecule has 22 heavy (non-hydrogen) atoms. The lowest BCUT2D eigenvalue weighted by molar-refractivity contribution is -0.122. The third-order valence-corrected chi connectivity index (χ3v) is 4.04. The van der Waals surface area contributed by atoms with Crippen molar-refractivity contribution in [3.8, 4) is 0 Å². The van der Waals surface area contributed by atoms with Gasteiger partial charge in [-0.05, 0) is 12.5 Å². The van der Waals surface area contributed by atoms with Crippen LogP contribution in [0.3, 0.4) is 0 Å². The van der Waals surface area contributed by atoms with Crippen LogP contribution in [-0.4, -0.2) is 16.8 Å². The molecule has 0 saturated carbocycles. The van der Waals surface area contributed by atoms with Gasteiger partial charge in [0.1, 0.15) is 5.01 Å². The van der Waals surface area contributed by atoms with E-state index < -0.39 is 0 Å². The zero-order valence-electron chi connectivity index (χ0n) is 12.6. The summed E-state index contributed by atoms with van der Waals surface area (Å²) in [6.45, 7) is 3.79. The Kier molecular flexibility index (Phi) is 5.66. The van der Waals surface area contributed by atoms with Gasteiger partial charge in [0, 0.05) is 18.0 Å². The van der Waals surface area contributed by atoms with Gasteiger partial charge >= 0.3 is 0 Å². The fourth-order valence-corrected chi connectivity index (χ4v) is 2.81. The molecule has 0 saturated heterocycles. The number of amides is 2. The molecular formula is C16H19N3O2S. The molecule has 0 radical (unpaired) electrons. The smallest absolute Gasteiger partial charge is 0.222 e. The molecule has 116 valence electrons. The summed E-state index contributed by atoms with van der Waals surface area (Å²) in [6.07, 6.45) is 0.202. The van der Waals surface area contributed by atoms with Crippen molar-refractivity contribution in [1.29, 1.82) is 0 Å². The van der Waals surface area contributed by atoms with Crippen LogP contribution in [0.15, 0.2) is 35.7 Å². The van der Waals surface area contributed by atoms with E-state index in [0.717, 1.165) is 16.3 Å². The van der Waals surface area contributed by atoms with Crippen LogP contribution in [0, 0.1) is 6.92 Å². The first-order valence-corrected chi connectivity index (χ1v) is 7.92. The molecule has 0 aliphatic heterocycles. The van der Waals surface area contributed by atoms with Crippen molar-refractivity contribution in [2.45, 2.75) is 32.9 Å². The molecule has 0 spiro atoms. The third kappa shape index (κ3) is 4.96. The zero-order valence-corrected chi connectivity index (χ0v) is 13.4. The summed E-state index contributed by atoms with van der Waals surface area (Å²) >= 11 is 1.52. The highest BCUT2D eigenvalue weighted by Gasteiger charge is 2.16. The van der Waals surface area contributed by atoms with Gasteiger partial charge in [-0.25, -0.2) is 4.98 Å². The largest absolute Gasteiger partial charge is 0.350 e. The molecule has 6 heteroatoms. The van der Waals surface area contributed by atoms with Crippen LogP contribution in [-0.2, 0) is 16.1 Å². The molecule has 2 N–H and O–H groups in total. The second-order valence-corrected chi connectivity index (χ2v) is 5.97. The van der Waals surface area contributed by atoms with Crippen molar-refractivity contribution in [1.82, 2.24) is 15.6 Å². The molecule has 0 bridgehead atoms. The second kappa shape index (κ2) is 7.70. The molecule has 0 aliphatic carbocycles. The number of aryl methyl sites for hydroxylation is 1. The van der Waals surface area contributed by atoms with Crippen molar-refractivity contribution in [3.63, 3.8) is 0 Å². The van der Waals surface area contributed by atoms with Gasteiger partial charge in [0.05, 0.1) is 19.0 Å². The van der Waals surface area contributed by atoms with Gasteiger partial charge in [-0.15, -0.1) is 11.3 Å². The Hall–Kier alpha value is -2.21. The van der Waals surface area contributed by atoms with Gasteiger partial charge in [0.25, 0.3) is 0 Å². The molecule has 2 aromatic rings.